The lowest BCUT2D eigenvalue weighted by Gasteiger charge is -2.31. The number of aliphatic hydroxyl groups excluding tert-OH is 1. The van der Waals surface area contributed by atoms with Gasteiger partial charge in [0, 0.05) is 36.0 Å². The first-order valence-electron chi connectivity index (χ1n) is 16.3. The van der Waals surface area contributed by atoms with E-state index in [4.69, 9.17) is 19.6 Å². The van der Waals surface area contributed by atoms with E-state index in [-0.39, 0.29) is 25.5 Å². The maximum absolute atomic E-state index is 14.5. The number of nitrogens with zero attached hydrogens (tertiary/aromatic N) is 1. The molecule has 6 rings (SSSR count). The average molecular weight is 759 g/mol. The van der Waals surface area contributed by atoms with Crippen molar-refractivity contribution in [2.75, 3.05) is 13.2 Å². The molecule has 0 bridgehead atoms. The maximum atomic E-state index is 14.5. The number of aliphatic hydroxyl groups is 1. The minimum atomic E-state index is -4.45. The molecule has 0 saturated carbocycles. The molecule has 0 aliphatic carbocycles. The van der Waals surface area contributed by atoms with Crippen LogP contribution in [0.2, 0.25) is 0 Å². The van der Waals surface area contributed by atoms with Gasteiger partial charge in [-0.25, -0.2) is 10.4 Å². The Morgan fingerprint density at radius 2 is 1.49 bits per heavy atom. The van der Waals surface area contributed by atoms with Gasteiger partial charge in [0.2, 0.25) is 5.90 Å². The van der Waals surface area contributed by atoms with Gasteiger partial charge in [0.1, 0.15) is 5.75 Å². The SMILES string of the molecule is O=C(NNCc1ccc(C(F)(F)F)cc1)[C@@]1(Cc2ccccc2Br)N=C(c2ccc(OCCCO)cc2)O[C@H]1c1ccc(-c2ccccc2)cc1. The second-order valence-corrected chi connectivity index (χ2v) is 12.9. The first-order chi connectivity index (χ1) is 24.7. The van der Waals surface area contributed by atoms with E-state index < -0.39 is 29.3 Å². The third-order valence-corrected chi connectivity index (χ3v) is 9.32. The van der Waals surface area contributed by atoms with E-state index in [1.54, 1.807) is 24.3 Å². The van der Waals surface area contributed by atoms with Crippen molar-refractivity contribution in [1.29, 1.82) is 0 Å². The number of carbonyl (C=O) groups is 1. The topological polar surface area (TPSA) is 92.2 Å². The highest BCUT2D eigenvalue weighted by atomic mass is 79.9. The van der Waals surface area contributed by atoms with Crippen molar-refractivity contribution >= 4 is 27.7 Å². The van der Waals surface area contributed by atoms with Gasteiger partial charge in [-0.3, -0.25) is 10.2 Å². The fourth-order valence-corrected chi connectivity index (χ4v) is 6.27. The molecule has 0 unspecified atom stereocenters. The van der Waals surface area contributed by atoms with Crippen molar-refractivity contribution in [3.05, 3.63) is 160 Å². The van der Waals surface area contributed by atoms with Gasteiger partial charge in [-0.2, -0.15) is 13.2 Å². The number of benzene rings is 5. The molecule has 3 N–H and O–H groups in total. The zero-order valence-electron chi connectivity index (χ0n) is 27.4. The molecule has 1 heterocycles. The lowest BCUT2D eigenvalue weighted by Crippen LogP contribution is -2.53. The summed E-state index contributed by atoms with van der Waals surface area (Å²) in [5.74, 6) is 0.392. The zero-order chi connectivity index (χ0) is 35.8. The Balaban J connectivity index is 1.36. The van der Waals surface area contributed by atoms with Gasteiger partial charge in [-0.1, -0.05) is 101 Å². The normalized spacial score (nSPS) is 17.0. The number of hydrogen-bond acceptors (Lipinski definition) is 6. The molecule has 5 aromatic rings. The number of halogens is 4. The van der Waals surface area contributed by atoms with Crippen molar-refractivity contribution in [2.45, 2.75) is 37.2 Å². The van der Waals surface area contributed by atoms with Crippen LogP contribution in [0.3, 0.4) is 0 Å². The van der Waals surface area contributed by atoms with E-state index >= 15 is 0 Å². The van der Waals surface area contributed by atoms with Gasteiger partial charge in [0.05, 0.1) is 12.2 Å². The van der Waals surface area contributed by atoms with Crippen LogP contribution in [0.4, 0.5) is 13.2 Å². The van der Waals surface area contributed by atoms with E-state index in [1.165, 1.54) is 12.1 Å². The first kappa shape index (κ1) is 35.8. The summed E-state index contributed by atoms with van der Waals surface area (Å²) in [6.45, 7) is 0.459. The highest BCUT2D eigenvalue weighted by Gasteiger charge is 2.53. The van der Waals surface area contributed by atoms with Gasteiger partial charge < -0.3 is 14.6 Å². The largest absolute Gasteiger partial charge is 0.494 e. The Hall–Kier alpha value is -4.97. The zero-order valence-corrected chi connectivity index (χ0v) is 29.0. The summed E-state index contributed by atoms with van der Waals surface area (Å²) in [5, 5.41) is 9.10. The van der Waals surface area contributed by atoms with Crippen LogP contribution in [-0.4, -0.2) is 35.7 Å². The fourth-order valence-electron chi connectivity index (χ4n) is 5.84. The Kier molecular flexibility index (Phi) is 11.2. The molecule has 51 heavy (non-hydrogen) atoms. The van der Waals surface area contributed by atoms with Gasteiger partial charge in [-0.05, 0) is 70.3 Å². The number of carbonyl (C=O) groups excluding carboxylic acids is 1. The molecule has 0 aromatic heterocycles. The van der Waals surface area contributed by atoms with Crippen LogP contribution in [0.15, 0.2) is 137 Å². The lowest BCUT2D eigenvalue weighted by atomic mass is 9.82. The number of aliphatic imine (C=N–C) groups is 1. The third-order valence-electron chi connectivity index (χ3n) is 8.54. The molecule has 0 saturated heterocycles. The number of amides is 1. The molecule has 7 nitrogen and oxygen atoms in total. The molecule has 0 fully saturated rings. The van der Waals surface area contributed by atoms with Gasteiger partial charge in [0.25, 0.3) is 5.91 Å². The van der Waals surface area contributed by atoms with Gasteiger partial charge in [0.15, 0.2) is 11.6 Å². The van der Waals surface area contributed by atoms with Gasteiger partial charge >= 0.3 is 6.18 Å². The van der Waals surface area contributed by atoms with Crippen LogP contribution in [0.25, 0.3) is 11.1 Å². The summed E-state index contributed by atoms with van der Waals surface area (Å²) in [5.41, 5.74) is 8.18. The predicted molar refractivity (Wildman–Crippen MR) is 193 cm³/mol. The smallest absolute Gasteiger partial charge is 0.416 e. The van der Waals surface area contributed by atoms with Crippen LogP contribution in [0.1, 0.15) is 40.3 Å². The maximum Gasteiger partial charge on any atom is 0.416 e. The van der Waals surface area contributed by atoms with Crippen LogP contribution in [0.5, 0.6) is 5.75 Å². The van der Waals surface area contributed by atoms with Crippen LogP contribution < -0.4 is 15.6 Å². The predicted octanol–water partition coefficient (Wildman–Crippen LogP) is 8.22. The number of rotatable bonds is 13. The Labute approximate surface area is 302 Å². The molecule has 1 aliphatic heterocycles. The molecule has 1 aliphatic rings. The number of ether oxygens (including phenoxy) is 2. The third kappa shape index (κ3) is 8.50. The van der Waals surface area contributed by atoms with E-state index in [1.807, 2.05) is 78.9 Å². The summed E-state index contributed by atoms with van der Waals surface area (Å²) < 4.78 is 52.5. The summed E-state index contributed by atoms with van der Waals surface area (Å²) in [7, 11) is 0. The number of alkyl halides is 3. The summed E-state index contributed by atoms with van der Waals surface area (Å²) >= 11 is 3.64. The van der Waals surface area contributed by atoms with E-state index in [9.17, 15) is 18.0 Å². The minimum absolute atomic E-state index is 0.0251. The minimum Gasteiger partial charge on any atom is -0.494 e. The summed E-state index contributed by atoms with van der Waals surface area (Å²) in [6, 6.07) is 37.2. The van der Waals surface area contributed by atoms with E-state index in [2.05, 4.69) is 26.8 Å². The van der Waals surface area contributed by atoms with E-state index in [0.29, 0.717) is 29.9 Å². The Morgan fingerprint density at radius 1 is 0.843 bits per heavy atom. The molecule has 11 heteroatoms. The van der Waals surface area contributed by atoms with Gasteiger partial charge in [-0.15, -0.1) is 0 Å². The molecule has 0 spiro atoms. The highest BCUT2D eigenvalue weighted by molar-refractivity contribution is 9.10. The first-order valence-corrected chi connectivity index (χ1v) is 17.1. The number of hydrazine groups is 1. The monoisotopic (exact) mass is 757 g/mol. The summed E-state index contributed by atoms with van der Waals surface area (Å²) in [6.07, 6.45) is -4.66. The van der Waals surface area contributed by atoms with Crippen LogP contribution in [-0.2, 0) is 28.7 Å². The molecular formula is C40H35BrF3N3O4. The number of nitrogens with one attached hydrogen (secondary N) is 2. The van der Waals surface area contributed by atoms with E-state index in [0.717, 1.165) is 38.9 Å². The second-order valence-electron chi connectivity index (χ2n) is 12.0. The summed E-state index contributed by atoms with van der Waals surface area (Å²) in [4.78, 5) is 19.6. The molecule has 2 atom stereocenters. The quantitative estimate of drug-likeness (QED) is 0.0832. The lowest BCUT2D eigenvalue weighted by molar-refractivity contribution is -0.137. The second kappa shape index (κ2) is 15.9. The molecular weight excluding hydrogens is 723 g/mol. The van der Waals surface area contributed by atoms with Crippen molar-refractivity contribution in [1.82, 2.24) is 10.9 Å². The highest BCUT2D eigenvalue weighted by Crippen LogP contribution is 2.44. The van der Waals surface area contributed by atoms with Crippen molar-refractivity contribution in [2.24, 2.45) is 4.99 Å². The molecule has 1 amide bonds. The molecule has 5 aromatic carbocycles. The van der Waals surface area contributed by atoms with Crippen molar-refractivity contribution in [3.8, 4) is 16.9 Å². The van der Waals surface area contributed by atoms with Crippen LogP contribution >= 0.6 is 15.9 Å². The van der Waals surface area contributed by atoms with Crippen molar-refractivity contribution < 1.29 is 32.5 Å². The molecule has 0 radical (unpaired) electrons. The average Bonchev–Trinajstić information content (AvgIpc) is 3.53. The Morgan fingerprint density at radius 3 is 2.16 bits per heavy atom. The number of hydrogen-bond donors (Lipinski definition) is 3. The molecule has 262 valence electrons. The fraction of sp³-hybridized carbons (Fsp3) is 0.200. The van der Waals surface area contributed by atoms with Crippen LogP contribution in [0, 0.1) is 0 Å². The van der Waals surface area contributed by atoms with Crippen molar-refractivity contribution in [3.63, 3.8) is 0 Å². The Bertz CT molecular complexity index is 1960. The standard InChI is InChI=1S/C40H35BrF3N3O4/c41-35-10-5-4-9-32(35)25-39(38(49)47-45-26-27-11-19-33(20-12-27)40(42,43)44)36(30-15-13-29(14-16-30)28-7-2-1-3-8-28)51-37(46-39)31-17-21-34(22-18-31)50-24-6-23-48/h1-5,7-22,36,45,48H,6,23-26H2,(H,47,49)/t36-,39-/m0/s1.